The summed E-state index contributed by atoms with van der Waals surface area (Å²) in [6.45, 7) is 0. The Bertz CT molecular complexity index is 856. The maximum Gasteiger partial charge on any atom is 0.195 e. The van der Waals surface area contributed by atoms with Crippen LogP contribution in [0.2, 0.25) is 0 Å². The first-order valence-corrected chi connectivity index (χ1v) is 8.56. The van der Waals surface area contributed by atoms with E-state index in [4.69, 9.17) is 11.5 Å². The van der Waals surface area contributed by atoms with Crippen molar-refractivity contribution < 1.29 is 8.42 Å². The van der Waals surface area contributed by atoms with Crippen molar-refractivity contribution in [3.8, 4) is 0 Å². The topological polar surface area (TPSA) is 126 Å². The largest absolute Gasteiger partial charge is 0.370 e. The number of aromatic nitrogens is 1. The molecule has 0 fully saturated rings. The number of fused-ring (bicyclic) bond motifs is 1. The summed E-state index contributed by atoms with van der Waals surface area (Å²) in [5.74, 6) is 0.200. The number of nitrogens with zero attached hydrogens (tertiary/aromatic N) is 1. The highest BCUT2D eigenvalue weighted by molar-refractivity contribution is 7.90. The maximum absolute atomic E-state index is 11.9. The Balaban J connectivity index is 2.09. The van der Waals surface area contributed by atoms with Crippen molar-refractivity contribution in [2.45, 2.75) is 17.0 Å². The monoisotopic (exact) mass is 319 g/mol. The highest BCUT2D eigenvalue weighted by atomic mass is 32.2. The zero-order valence-corrected chi connectivity index (χ0v) is 12.8. The molecular formula is C14H17N5O2S. The van der Waals surface area contributed by atoms with Crippen molar-refractivity contribution in [3.63, 3.8) is 0 Å². The fourth-order valence-electron chi connectivity index (χ4n) is 2.70. The predicted octanol–water partition coefficient (Wildman–Crippen LogP) is 0.513. The van der Waals surface area contributed by atoms with Gasteiger partial charge < -0.3 is 21.8 Å². The molecule has 6 N–H and O–H groups in total. The molecule has 22 heavy (non-hydrogen) atoms. The van der Waals surface area contributed by atoms with E-state index in [0.29, 0.717) is 11.3 Å². The van der Waals surface area contributed by atoms with Gasteiger partial charge in [-0.3, -0.25) is 0 Å². The van der Waals surface area contributed by atoms with Crippen LogP contribution in [0.3, 0.4) is 0 Å². The van der Waals surface area contributed by atoms with Crippen molar-refractivity contribution >= 4 is 21.5 Å². The van der Waals surface area contributed by atoms with Crippen LogP contribution in [0.15, 0.2) is 46.4 Å². The number of nitrogens with one attached hydrogen (secondary N) is 2. The van der Waals surface area contributed by atoms with Crippen LogP contribution in [0.5, 0.6) is 0 Å². The molecule has 0 bridgehead atoms. The number of rotatable bonds is 3. The van der Waals surface area contributed by atoms with Crippen LogP contribution in [0.4, 0.5) is 5.69 Å². The molecule has 0 amide bonds. The Morgan fingerprint density at radius 2 is 2.00 bits per heavy atom. The van der Waals surface area contributed by atoms with Gasteiger partial charge in [-0.25, -0.2) is 13.4 Å². The number of aliphatic imine (C=N–C) groups is 1. The molecule has 1 unspecified atom stereocenters. The molecule has 1 aromatic heterocycles. The van der Waals surface area contributed by atoms with E-state index in [9.17, 15) is 8.42 Å². The van der Waals surface area contributed by atoms with E-state index in [0.717, 1.165) is 5.69 Å². The molecule has 0 aliphatic carbocycles. The lowest BCUT2D eigenvalue weighted by Gasteiger charge is -2.30. The number of anilines is 1. The average Bonchev–Trinajstić information content (AvgIpc) is 2.86. The van der Waals surface area contributed by atoms with Crippen LogP contribution in [0.1, 0.15) is 11.3 Å². The summed E-state index contributed by atoms with van der Waals surface area (Å²) < 4.78 is 23.9. The second-order valence-electron chi connectivity index (χ2n) is 5.37. The van der Waals surface area contributed by atoms with E-state index in [2.05, 4.69) is 15.3 Å². The van der Waals surface area contributed by atoms with Crippen LogP contribution in [0.25, 0.3) is 0 Å². The predicted molar refractivity (Wildman–Crippen MR) is 85.2 cm³/mol. The molecule has 8 heteroatoms. The lowest BCUT2D eigenvalue weighted by Crippen LogP contribution is -2.45. The van der Waals surface area contributed by atoms with Gasteiger partial charge in [0.1, 0.15) is 0 Å². The second kappa shape index (κ2) is 4.85. The minimum atomic E-state index is -3.35. The molecule has 116 valence electrons. The standard InChI is InChI=1S/C14H17N5O2S/c1-22(20,21)11-5-3-2-4-9(11)8-14(16)12-10(6-7-17-12)18-13(15)19-14/h2-7,17H,8,16H2,1H3,(H3,15,18,19). The Morgan fingerprint density at radius 1 is 1.27 bits per heavy atom. The van der Waals surface area contributed by atoms with Crippen LogP contribution in [-0.4, -0.2) is 25.6 Å². The molecule has 7 nitrogen and oxygen atoms in total. The Hall–Kier alpha value is -2.32. The third-order valence-electron chi connectivity index (χ3n) is 3.59. The van der Waals surface area contributed by atoms with Gasteiger partial charge in [-0.1, -0.05) is 18.2 Å². The number of benzene rings is 1. The van der Waals surface area contributed by atoms with Crippen molar-refractivity contribution in [1.82, 2.24) is 4.98 Å². The van der Waals surface area contributed by atoms with Gasteiger partial charge >= 0.3 is 0 Å². The highest BCUT2D eigenvalue weighted by Gasteiger charge is 2.35. The third kappa shape index (κ3) is 2.46. The van der Waals surface area contributed by atoms with Crippen LogP contribution in [0, 0.1) is 0 Å². The first-order chi connectivity index (χ1) is 10.3. The Labute approximate surface area is 128 Å². The number of aromatic amines is 1. The van der Waals surface area contributed by atoms with E-state index in [1.54, 1.807) is 36.5 Å². The lowest BCUT2D eigenvalue weighted by molar-refractivity contribution is 0.447. The molecule has 1 aromatic carbocycles. The van der Waals surface area contributed by atoms with Crippen molar-refractivity contribution in [1.29, 1.82) is 0 Å². The van der Waals surface area contributed by atoms with Gasteiger partial charge in [0.05, 0.1) is 16.3 Å². The van der Waals surface area contributed by atoms with Gasteiger partial charge in [-0.2, -0.15) is 0 Å². The van der Waals surface area contributed by atoms with Gasteiger partial charge in [0.15, 0.2) is 21.5 Å². The zero-order chi connectivity index (χ0) is 16.0. The SMILES string of the molecule is CS(=O)(=O)c1ccccc1CC1(N)N=C(N)Nc2cc[nH]c21. The zero-order valence-electron chi connectivity index (χ0n) is 12.0. The summed E-state index contributed by atoms with van der Waals surface area (Å²) in [7, 11) is -3.35. The fourth-order valence-corrected chi connectivity index (χ4v) is 3.64. The first-order valence-electron chi connectivity index (χ1n) is 6.67. The van der Waals surface area contributed by atoms with E-state index < -0.39 is 15.5 Å². The molecular weight excluding hydrogens is 302 g/mol. The lowest BCUT2D eigenvalue weighted by atomic mass is 9.96. The number of nitrogens with two attached hydrogens (primary N) is 2. The molecule has 1 aliphatic heterocycles. The maximum atomic E-state index is 11.9. The van der Waals surface area contributed by atoms with Gasteiger partial charge in [-0.15, -0.1) is 0 Å². The molecule has 0 saturated carbocycles. The summed E-state index contributed by atoms with van der Waals surface area (Å²) in [5, 5.41) is 2.92. The number of guanidine groups is 1. The summed E-state index contributed by atoms with van der Waals surface area (Å²) in [6.07, 6.45) is 3.12. The third-order valence-corrected chi connectivity index (χ3v) is 4.79. The number of H-pyrrole nitrogens is 1. The molecule has 2 heterocycles. The van der Waals surface area contributed by atoms with E-state index in [-0.39, 0.29) is 17.3 Å². The average molecular weight is 319 g/mol. The summed E-state index contributed by atoms with van der Waals surface area (Å²) in [4.78, 5) is 7.58. The van der Waals surface area contributed by atoms with E-state index >= 15 is 0 Å². The minimum absolute atomic E-state index is 0.200. The number of hydrogen-bond acceptors (Lipinski definition) is 6. The first kappa shape index (κ1) is 14.6. The van der Waals surface area contributed by atoms with Gasteiger partial charge in [-0.05, 0) is 17.7 Å². The second-order valence-corrected chi connectivity index (χ2v) is 7.35. The van der Waals surface area contributed by atoms with Crippen molar-refractivity contribution in [2.75, 3.05) is 11.6 Å². The number of hydrogen-bond donors (Lipinski definition) is 4. The van der Waals surface area contributed by atoms with E-state index in [1.165, 1.54) is 6.26 Å². The quantitative estimate of drug-likeness (QED) is 0.656. The molecule has 0 spiro atoms. The molecule has 3 rings (SSSR count). The van der Waals surface area contributed by atoms with Crippen LogP contribution >= 0.6 is 0 Å². The normalized spacial score (nSPS) is 20.9. The van der Waals surface area contributed by atoms with Gasteiger partial charge in [0.2, 0.25) is 0 Å². The fraction of sp³-hybridized carbons (Fsp3) is 0.214. The summed E-state index contributed by atoms with van der Waals surface area (Å²) in [6, 6.07) is 8.57. The van der Waals surface area contributed by atoms with Crippen LogP contribution < -0.4 is 16.8 Å². The van der Waals surface area contributed by atoms with Crippen molar-refractivity contribution in [3.05, 3.63) is 47.8 Å². The number of sulfone groups is 1. The summed E-state index contributed by atoms with van der Waals surface area (Å²) >= 11 is 0. The smallest absolute Gasteiger partial charge is 0.195 e. The van der Waals surface area contributed by atoms with Gasteiger partial charge in [0.25, 0.3) is 0 Å². The minimum Gasteiger partial charge on any atom is -0.370 e. The van der Waals surface area contributed by atoms with E-state index in [1.807, 2.05) is 0 Å². The highest BCUT2D eigenvalue weighted by Crippen LogP contribution is 2.33. The van der Waals surface area contributed by atoms with Crippen molar-refractivity contribution in [2.24, 2.45) is 16.5 Å². The Morgan fingerprint density at radius 3 is 2.73 bits per heavy atom. The molecule has 1 atom stereocenters. The molecule has 0 radical (unpaired) electrons. The Kier molecular flexibility index (Phi) is 3.22. The summed E-state index contributed by atoms with van der Waals surface area (Å²) in [5.41, 5.74) is 13.1. The molecule has 1 aliphatic rings. The van der Waals surface area contributed by atoms with Gasteiger partial charge in [0, 0.05) is 18.9 Å². The molecule has 2 aromatic rings. The molecule has 0 saturated heterocycles. The van der Waals surface area contributed by atoms with Crippen LogP contribution in [-0.2, 0) is 21.9 Å².